The molecule has 0 bridgehead atoms. The summed E-state index contributed by atoms with van der Waals surface area (Å²) >= 11 is 0. The molecule has 1 aromatic heterocycles. The van der Waals surface area contributed by atoms with Crippen LogP contribution in [0.2, 0.25) is 0 Å². The van der Waals surface area contributed by atoms with Gasteiger partial charge in [0.25, 0.3) is 0 Å². The number of anilines is 2. The molecule has 0 unspecified atom stereocenters. The highest BCUT2D eigenvalue weighted by atomic mass is 19.1. The van der Waals surface area contributed by atoms with E-state index in [0.29, 0.717) is 18.1 Å². The van der Waals surface area contributed by atoms with Crippen molar-refractivity contribution in [2.24, 2.45) is 0 Å². The molecular formula is C19H16FN3O2. The van der Waals surface area contributed by atoms with E-state index in [-0.39, 0.29) is 5.56 Å². The van der Waals surface area contributed by atoms with Gasteiger partial charge in [0.2, 0.25) is 5.95 Å². The SMILES string of the molecule is Cc1cc(Cc2ccccc2)nc(Nc2ccc(C(=O)O)c(F)c2)n1. The van der Waals surface area contributed by atoms with Gasteiger partial charge in [-0.25, -0.2) is 19.2 Å². The summed E-state index contributed by atoms with van der Waals surface area (Å²) in [5.74, 6) is -1.77. The van der Waals surface area contributed by atoms with Gasteiger partial charge in [0, 0.05) is 17.8 Å². The number of nitrogens with one attached hydrogen (secondary N) is 1. The van der Waals surface area contributed by atoms with Gasteiger partial charge < -0.3 is 10.4 Å². The van der Waals surface area contributed by atoms with Crippen molar-refractivity contribution in [2.75, 3.05) is 5.32 Å². The third kappa shape index (κ3) is 4.17. The van der Waals surface area contributed by atoms with Gasteiger partial charge in [-0.05, 0) is 36.8 Å². The number of hydrogen-bond acceptors (Lipinski definition) is 4. The van der Waals surface area contributed by atoms with Crippen LogP contribution >= 0.6 is 0 Å². The van der Waals surface area contributed by atoms with E-state index in [0.717, 1.165) is 23.0 Å². The molecule has 126 valence electrons. The standard InChI is InChI=1S/C19H16FN3O2/c1-12-9-15(10-13-5-3-2-4-6-13)23-19(21-12)22-14-7-8-16(18(24)25)17(20)11-14/h2-9,11H,10H2,1H3,(H,24,25)(H,21,22,23). The lowest BCUT2D eigenvalue weighted by Crippen LogP contribution is -2.04. The number of aromatic carboxylic acids is 1. The van der Waals surface area contributed by atoms with Crippen molar-refractivity contribution in [1.82, 2.24) is 9.97 Å². The largest absolute Gasteiger partial charge is 0.478 e. The van der Waals surface area contributed by atoms with E-state index >= 15 is 0 Å². The number of aromatic nitrogens is 2. The number of nitrogens with zero attached hydrogens (tertiary/aromatic N) is 2. The Morgan fingerprint density at radius 2 is 1.88 bits per heavy atom. The van der Waals surface area contributed by atoms with Gasteiger partial charge in [-0.1, -0.05) is 30.3 Å². The van der Waals surface area contributed by atoms with Crippen LogP contribution in [0, 0.1) is 12.7 Å². The summed E-state index contributed by atoms with van der Waals surface area (Å²) in [6, 6.07) is 15.6. The summed E-state index contributed by atoms with van der Waals surface area (Å²) in [5.41, 5.74) is 2.76. The molecule has 3 aromatic rings. The Morgan fingerprint density at radius 3 is 2.56 bits per heavy atom. The first-order valence-corrected chi connectivity index (χ1v) is 7.69. The number of carboxylic acids is 1. The fraction of sp³-hybridized carbons (Fsp3) is 0.105. The van der Waals surface area contributed by atoms with E-state index in [9.17, 15) is 9.18 Å². The molecule has 0 saturated heterocycles. The fourth-order valence-corrected chi connectivity index (χ4v) is 2.48. The Labute approximate surface area is 144 Å². The summed E-state index contributed by atoms with van der Waals surface area (Å²) in [6.07, 6.45) is 0.658. The Hall–Kier alpha value is -3.28. The normalized spacial score (nSPS) is 10.5. The smallest absolute Gasteiger partial charge is 0.338 e. The van der Waals surface area contributed by atoms with Crippen molar-refractivity contribution in [2.45, 2.75) is 13.3 Å². The molecule has 6 heteroatoms. The molecule has 0 fully saturated rings. The van der Waals surface area contributed by atoms with E-state index in [1.165, 1.54) is 12.1 Å². The van der Waals surface area contributed by atoms with E-state index in [2.05, 4.69) is 15.3 Å². The van der Waals surface area contributed by atoms with Crippen LogP contribution in [0.15, 0.2) is 54.6 Å². The first kappa shape index (κ1) is 16.6. The van der Waals surface area contributed by atoms with Crippen LogP contribution in [0.4, 0.5) is 16.0 Å². The van der Waals surface area contributed by atoms with E-state index in [1.807, 2.05) is 43.3 Å². The maximum Gasteiger partial charge on any atom is 0.338 e. The maximum absolute atomic E-state index is 13.8. The quantitative estimate of drug-likeness (QED) is 0.737. The van der Waals surface area contributed by atoms with E-state index in [4.69, 9.17) is 5.11 Å². The highest BCUT2D eigenvalue weighted by Crippen LogP contribution is 2.19. The number of aryl methyl sites for hydroxylation is 1. The lowest BCUT2D eigenvalue weighted by molar-refractivity contribution is 0.0692. The number of benzene rings is 2. The zero-order chi connectivity index (χ0) is 17.8. The van der Waals surface area contributed by atoms with Crippen LogP contribution in [0.3, 0.4) is 0 Å². The molecule has 0 spiro atoms. The van der Waals surface area contributed by atoms with Crippen LogP contribution in [0.5, 0.6) is 0 Å². The molecule has 1 heterocycles. The molecule has 0 aliphatic carbocycles. The minimum absolute atomic E-state index is 0.341. The highest BCUT2D eigenvalue weighted by molar-refractivity contribution is 5.88. The molecule has 0 radical (unpaired) electrons. The molecule has 2 aromatic carbocycles. The molecule has 0 amide bonds. The van der Waals surface area contributed by atoms with Crippen molar-refractivity contribution >= 4 is 17.6 Å². The second-order valence-corrected chi connectivity index (χ2v) is 5.61. The number of carbonyl (C=O) groups is 1. The van der Waals surface area contributed by atoms with Crippen molar-refractivity contribution < 1.29 is 14.3 Å². The monoisotopic (exact) mass is 337 g/mol. The number of carboxylic acid groups (broad SMARTS) is 1. The van der Waals surface area contributed by atoms with Crippen LogP contribution in [0.1, 0.15) is 27.3 Å². The van der Waals surface area contributed by atoms with Crippen LogP contribution < -0.4 is 5.32 Å². The second-order valence-electron chi connectivity index (χ2n) is 5.61. The first-order chi connectivity index (χ1) is 12.0. The average Bonchev–Trinajstić information content (AvgIpc) is 2.55. The molecule has 0 aliphatic heterocycles. The van der Waals surface area contributed by atoms with Gasteiger partial charge in [-0.15, -0.1) is 0 Å². The summed E-state index contributed by atoms with van der Waals surface area (Å²) in [6.45, 7) is 1.86. The Balaban J connectivity index is 1.83. The summed E-state index contributed by atoms with van der Waals surface area (Å²) in [7, 11) is 0. The molecule has 0 saturated carbocycles. The minimum atomic E-state index is -1.30. The number of hydrogen-bond donors (Lipinski definition) is 2. The topological polar surface area (TPSA) is 75.1 Å². The molecule has 25 heavy (non-hydrogen) atoms. The predicted octanol–water partition coefficient (Wildman–Crippen LogP) is 3.96. The maximum atomic E-state index is 13.8. The minimum Gasteiger partial charge on any atom is -0.478 e. The van der Waals surface area contributed by atoms with Crippen LogP contribution in [0.25, 0.3) is 0 Å². The second kappa shape index (κ2) is 7.09. The molecule has 3 rings (SSSR count). The fourth-order valence-electron chi connectivity index (χ4n) is 2.48. The summed E-state index contributed by atoms with van der Waals surface area (Å²) in [4.78, 5) is 19.6. The highest BCUT2D eigenvalue weighted by Gasteiger charge is 2.11. The van der Waals surface area contributed by atoms with Gasteiger partial charge in [0.15, 0.2) is 0 Å². The zero-order valence-corrected chi connectivity index (χ0v) is 13.5. The zero-order valence-electron chi connectivity index (χ0n) is 13.5. The Bertz CT molecular complexity index is 914. The van der Waals surface area contributed by atoms with Crippen molar-refractivity contribution in [3.63, 3.8) is 0 Å². The van der Waals surface area contributed by atoms with E-state index in [1.54, 1.807) is 0 Å². The van der Waals surface area contributed by atoms with Gasteiger partial charge in [-0.2, -0.15) is 0 Å². The number of halogens is 1. The third-order valence-corrected chi connectivity index (χ3v) is 3.59. The molecular weight excluding hydrogens is 321 g/mol. The third-order valence-electron chi connectivity index (χ3n) is 3.59. The average molecular weight is 337 g/mol. The molecule has 2 N–H and O–H groups in total. The van der Waals surface area contributed by atoms with Crippen LogP contribution in [-0.2, 0) is 6.42 Å². The molecule has 0 aliphatic rings. The predicted molar refractivity (Wildman–Crippen MR) is 92.7 cm³/mol. The summed E-state index contributed by atoms with van der Waals surface area (Å²) < 4.78 is 13.8. The molecule has 0 atom stereocenters. The van der Waals surface area contributed by atoms with Gasteiger partial charge in [0.05, 0.1) is 11.3 Å². The Kier molecular flexibility index (Phi) is 4.70. The van der Waals surface area contributed by atoms with E-state index < -0.39 is 11.8 Å². The van der Waals surface area contributed by atoms with Gasteiger partial charge in [-0.3, -0.25) is 0 Å². The lowest BCUT2D eigenvalue weighted by atomic mass is 10.1. The molecule has 5 nitrogen and oxygen atoms in total. The van der Waals surface area contributed by atoms with Gasteiger partial charge >= 0.3 is 5.97 Å². The van der Waals surface area contributed by atoms with Crippen LogP contribution in [-0.4, -0.2) is 21.0 Å². The lowest BCUT2D eigenvalue weighted by Gasteiger charge is -2.09. The summed E-state index contributed by atoms with van der Waals surface area (Å²) in [5, 5.41) is 11.8. The Morgan fingerprint density at radius 1 is 1.12 bits per heavy atom. The van der Waals surface area contributed by atoms with Crippen molar-refractivity contribution in [1.29, 1.82) is 0 Å². The van der Waals surface area contributed by atoms with Crippen molar-refractivity contribution in [3.8, 4) is 0 Å². The number of rotatable bonds is 5. The van der Waals surface area contributed by atoms with Gasteiger partial charge in [0.1, 0.15) is 5.82 Å². The van der Waals surface area contributed by atoms with Crippen molar-refractivity contribution in [3.05, 3.63) is 82.9 Å². The first-order valence-electron chi connectivity index (χ1n) is 7.69.